The Balaban J connectivity index is 2.14. The van der Waals surface area contributed by atoms with Crippen molar-refractivity contribution in [3.05, 3.63) is 54.1 Å². The Morgan fingerprint density at radius 1 is 0.562 bits per heavy atom. The van der Waals surface area contributed by atoms with E-state index in [1.54, 1.807) is 12.1 Å². The summed E-state index contributed by atoms with van der Waals surface area (Å²) in [6.45, 7) is -1.67. The number of hydrogen-bond donors (Lipinski definition) is 0. The van der Waals surface area contributed by atoms with E-state index in [-0.39, 0.29) is 5.69 Å². The molecule has 23 heteroatoms. The zero-order valence-electron chi connectivity index (χ0n) is 22.9. The van der Waals surface area contributed by atoms with Crippen molar-refractivity contribution in [3.63, 3.8) is 0 Å². The second kappa shape index (κ2) is 13.8. The molecule has 0 aliphatic rings. The van der Waals surface area contributed by atoms with Crippen LogP contribution < -0.4 is 4.74 Å². The number of alkyl halides is 18. The van der Waals surface area contributed by atoms with E-state index in [0.29, 0.717) is 23.4 Å². The van der Waals surface area contributed by atoms with Gasteiger partial charge in [0, 0.05) is 5.33 Å². The van der Waals surface area contributed by atoms with Gasteiger partial charge < -0.3 is 9.47 Å². The van der Waals surface area contributed by atoms with Crippen LogP contribution in [0, 0.1) is 0 Å². The number of carbonyl (C=O) groups is 1. The quantitative estimate of drug-likeness (QED) is 0.0781. The van der Waals surface area contributed by atoms with Gasteiger partial charge in [0.2, 0.25) is 0 Å². The Bertz CT molecular complexity index is 1430. The largest absolute Gasteiger partial charge is 0.493 e. The molecule has 2 aromatic rings. The van der Waals surface area contributed by atoms with Crippen molar-refractivity contribution in [2.24, 2.45) is 10.2 Å². The van der Waals surface area contributed by atoms with Gasteiger partial charge in [0.15, 0.2) is 0 Å². The molecule has 5 nitrogen and oxygen atoms in total. The van der Waals surface area contributed by atoms with E-state index in [4.69, 9.17) is 4.74 Å². The first-order valence-corrected chi connectivity index (χ1v) is 13.4. The highest BCUT2D eigenvalue weighted by Crippen LogP contribution is 2.64. The summed E-state index contributed by atoms with van der Waals surface area (Å²) in [6, 6.07) is 10.1. The van der Waals surface area contributed by atoms with Crippen LogP contribution in [0.5, 0.6) is 5.75 Å². The molecule has 0 aromatic heterocycles. The summed E-state index contributed by atoms with van der Waals surface area (Å²) >= 11 is 3.17. The lowest BCUT2D eigenvalue weighted by molar-refractivity contribution is -0.461. The molecule has 0 bridgehead atoms. The van der Waals surface area contributed by atoms with Gasteiger partial charge in [0.05, 0.1) is 36.6 Å². The molecule has 270 valence electrons. The molecule has 2 aromatic carbocycles. The predicted molar refractivity (Wildman–Crippen MR) is 132 cm³/mol. The lowest BCUT2D eigenvalue weighted by Crippen LogP contribution is -2.74. The highest BCUT2D eigenvalue weighted by Gasteiger charge is 2.95. The molecule has 0 unspecified atom stereocenters. The third kappa shape index (κ3) is 7.43. The van der Waals surface area contributed by atoms with Crippen LogP contribution in [0.1, 0.15) is 16.8 Å². The van der Waals surface area contributed by atoms with Gasteiger partial charge in [0.1, 0.15) is 5.75 Å². The molecule has 0 atom stereocenters. The third-order valence-electron chi connectivity index (χ3n) is 6.00. The molecule has 0 heterocycles. The van der Waals surface area contributed by atoms with Crippen LogP contribution in [0.25, 0.3) is 0 Å². The molecule has 0 saturated heterocycles. The van der Waals surface area contributed by atoms with Crippen molar-refractivity contribution in [1.29, 1.82) is 0 Å². The predicted octanol–water partition coefficient (Wildman–Crippen LogP) is 10.4. The van der Waals surface area contributed by atoms with Gasteiger partial charge in [-0.1, -0.05) is 15.9 Å². The van der Waals surface area contributed by atoms with Crippen LogP contribution in [0.4, 0.5) is 86.0 Å². The van der Waals surface area contributed by atoms with E-state index < -0.39 is 72.2 Å². The molecule has 0 N–H and O–H groups in total. The van der Waals surface area contributed by atoms with Crippen molar-refractivity contribution >= 4 is 33.3 Å². The fourth-order valence-corrected chi connectivity index (χ4v) is 3.42. The van der Waals surface area contributed by atoms with Gasteiger partial charge in [-0.25, -0.2) is 4.79 Å². The first kappa shape index (κ1) is 40.8. The number of hydrogen-bond acceptors (Lipinski definition) is 5. The number of azo groups is 1. The summed E-state index contributed by atoms with van der Waals surface area (Å²) in [4.78, 5) is 12.0. The molecule has 0 spiro atoms. The third-order valence-corrected chi connectivity index (χ3v) is 6.33. The van der Waals surface area contributed by atoms with Gasteiger partial charge in [-0.05, 0) is 48.5 Å². The van der Waals surface area contributed by atoms with Gasteiger partial charge in [0.25, 0.3) is 0 Å². The second-order valence-corrected chi connectivity index (χ2v) is 10.1. The topological polar surface area (TPSA) is 60.2 Å². The average Bonchev–Trinajstić information content (AvgIpc) is 2.98. The molecule has 0 aliphatic carbocycles. The maximum atomic E-state index is 14.0. The molecular weight excluding hydrogens is 779 g/mol. The summed E-state index contributed by atoms with van der Waals surface area (Å²) in [5.74, 6) is -58.3. The fourth-order valence-electron chi connectivity index (χ4n) is 3.25. The summed E-state index contributed by atoms with van der Waals surface area (Å²) in [6.07, 6.45) is -10.7. The molecular formula is C25H16BrF17N2O3. The Morgan fingerprint density at radius 2 is 0.958 bits per heavy atom. The zero-order valence-corrected chi connectivity index (χ0v) is 24.5. The summed E-state index contributed by atoms with van der Waals surface area (Å²) in [7, 11) is 0. The number of ether oxygens (including phenoxy) is 2. The summed E-state index contributed by atoms with van der Waals surface area (Å²) in [5, 5.41) is 8.23. The lowest BCUT2D eigenvalue weighted by Gasteiger charge is -2.42. The number of nitrogens with zero attached hydrogens (tertiary/aromatic N) is 2. The minimum atomic E-state index is -8.72. The molecule has 2 rings (SSSR count). The lowest BCUT2D eigenvalue weighted by atomic mass is 9.88. The van der Waals surface area contributed by atoms with Gasteiger partial charge >= 0.3 is 53.6 Å². The maximum absolute atomic E-state index is 14.0. The molecule has 0 aliphatic heterocycles. The van der Waals surface area contributed by atoms with Crippen LogP contribution in [-0.2, 0) is 4.74 Å². The van der Waals surface area contributed by atoms with Crippen LogP contribution >= 0.6 is 15.9 Å². The Kier molecular flexibility index (Phi) is 11.8. The second-order valence-electron chi connectivity index (χ2n) is 9.31. The van der Waals surface area contributed by atoms with Gasteiger partial charge in [-0.2, -0.15) is 84.9 Å². The van der Waals surface area contributed by atoms with E-state index in [1.807, 2.05) is 0 Å². The van der Waals surface area contributed by atoms with E-state index in [1.165, 1.54) is 12.1 Å². The van der Waals surface area contributed by atoms with Gasteiger partial charge in [-0.15, -0.1) is 0 Å². The Labute approximate surface area is 265 Å². The molecule has 0 amide bonds. The zero-order chi connectivity index (χ0) is 37.2. The number of esters is 1. The van der Waals surface area contributed by atoms with Crippen molar-refractivity contribution in [3.8, 4) is 5.75 Å². The van der Waals surface area contributed by atoms with Crippen molar-refractivity contribution in [2.45, 2.75) is 54.1 Å². The monoisotopic (exact) mass is 794 g/mol. The maximum Gasteiger partial charge on any atom is 0.460 e. The van der Waals surface area contributed by atoms with Crippen molar-refractivity contribution < 1.29 is 88.9 Å². The smallest absolute Gasteiger partial charge is 0.460 e. The van der Waals surface area contributed by atoms with Crippen molar-refractivity contribution in [2.75, 3.05) is 18.5 Å². The SMILES string of the molecule is O=C(OCCC(F)(F)C(F)(F)C(F)(F)C(F)(F)C(F)(F)C(F)(F)C(F)(F)C(F)(F)F)c1ccc(N=Nc2ccc(OCCBr)cc2)cc1. The van der Waals surface area contributed by atoms with Gasteiger partial charge in [-0.3, -0.25) is 0 Å². The number of carbonyl (C=O) groups excluding carboxylic acids is 1. The Morgan fingerprint density at radius 3 is 1.38 bits per heavy atom. The molecule has 0 saturated carbocycles. The highest BCUT2D eigenvalue weighted by atomic mass is 79.9. The minimum Gasteiger partial charge on any atom is -0.493 e. The summed E-state index contributed by atoms with van der Waals surface area (Å²) < 4.78 is 236. The molecule has 0 radical (unpaired) electrons. The number of benzene rings is 2. The minimum absolute atomic E-state index is 0.0656. The molecule has 48 heavy (non-hydrogen) atoms. The average molecular weight is 795 g/mol. The van der Waals surface area contributed by atoms with Crippen LogP contribution in [0.15, 0.2) is 58.8 Å². The highest BCUT2D eigenvalue weighted by molar-refractivity contribution is 9.09. The fraction of sp³-hybridized carbons (Fsp3) is 0.480. The Hall–Kier alpha value is -3.40. The van der Waals surface area contributed by atoms with E-state index in [2.05, 4.69) is 30.9 Å². The van der Waals surface area contributed by atoms with Crippen molar-refractivity contribution in [1.82, 2.24) is 0 Å². The standard InChI is InChI=1S/C25H16BrF17N2O3/c26-10-12-47-16-7-5-15(6-8-16)45-44-14-3-1-13(2-4-14)17(46)48-11-9-18(27,28)19(29,30)20(31,32)21(33,34)22(35,36)23(37,38)24(39,40)25(41,42)43/h1-8H,9-12H2. The van der Waals surface area contributed by atoms with Crippen LogP contribution in [0.3, 0.4) is 0 Å². The van der Waals surface area contributed by atoms with E-state index >= 15 is 0 Å². The number of halogens is 18. The molecule has 0 fully saturated rings. The number of rotatable bonds is 15. The first-order chi connectivity index (χ1) is 21.6. The van der Waals surface area contributed by atoms with Crippen LogP contribution in [-0.4, -0.2) is 72.1 Å². The normalized spacial score (nSPS) is 14.4. The van der Waals surface area contributed by atoms with Crippen LogP contribution in [0.2, 0.25) is 0 Å². The first-order valence-electron chi connectivity index (χ1n) is 12.3. The van der Waals surface area contributed by atoms with E-state index in [0.717, 1.165) is 24.3 Å². The van der Waals surface area contributed by atoms with E-state index in [9.17, 15) is 79.4 Å². The summed E-state index contributed by atoms with van der Waals surface area (Å²) in [5.41, 5.74) is -0.139.